The number of nitrogens with zero attached hydrogens (tertiary/aromatic N) is 1. The van der Waals surface area contributed by atoms with Crippen LogP contribution in [0.5, 0.6) is 0 Å². The van der Waals surface area contributed by atoms with Gasteiger partial charge in [-0.15, -0.1) is 0 Å². The molecule has 0 aromatic heterocycles. The van der Waals surface area contributed by atoms with E-state index in [0.29, 0.717) is 5.92 Å². The number of likely N-dealkylation sites (tertiary alicyclic amines) is 1. The zero-order valence-corrected chi connectivity index (χ0v) is 13.7. The molecule has 0 aliphatic carbocycles. The van der Waals surface area contributed by atoms with E-state index in [2.05, 4.69) is 20.8 Å². The summed E-state index contributed by atoms with van der Waals surface area (Å²) in [6, 6.07) is 5.84. The van der Waals surface area contributed by atoms with Crippen LogP contribution in [0.2, 0.25) is 5.02 Å². The van der Waals surface area contributed by atoms with Crippen LogP contribution in [0.1, 0.15) is 31.2 Å². The maximum absolute atomic E-state index is 10.7. The summed E-state index contributed by atoms with van der Waals surface area (Å²) in [6.45, 7) is 2.92. The van der Waals surface area contributed by atoms with Crippen molar-refractivity contribution in [2.24, 2.45) is 5.92 Å². The minimum Gasteiger partial charge on any atom is -0.481 e. The van der Waals surface area contributed by atoms with Gasteiger partial charge in [0.05, 0.1) is 0 Å². The van der Waals surface area contributed by atoms with Crippen LogP contribution in [0.25, 0.3) is 0 Å². The first-order valence-corrected chi connectivity index (χ1v) is 8.10. The van der Waals surface area contributed by atoms with E-state index in [-0.39, 0.29) is 6.42 Å². The third-order valence-corrected chi connectivity index (χ3v) is 4.78. The molecule has 0 bridgehead atoms. The molecule has 0 amide bonds. The smallest absolute Gasteiger partial charge is 0.303 e. The van der Waals surface area contributed by atoms with Gasteiger partial charge in [-0.25, -0.2) is 0 Å². The van der Waals surface area contributed by atoms with Crippen molar-refractivity contribution in [1.29, 1.82) is 0 Å². The number of benzene rings is 1. The van der Waals surface area contributed by atoms with E-state index < -0.39 is 5.97 Å². The van der Waals surface area contributed by atoms with Crippen LogP contribution in [0.3, 0.4) is 0 Å². The Kier molecular flexibility index (Phi) is 5.87. The predicted molar refractivity (Wildman–Crippen MR) is 84.0 cm³/mol. The highest BCUT2D eigenvalue weighted by Gasteiger charge is 2.21. The molecular weight excluding hydrogens is 342 g/mol. The maximum atomic E-state index is 10.7. The van der Waals surface area contributed by atoms with Gasteiger partial charge in [0.15, 0.2) is 0 Å². The second-order valence-electron chi connectivity index (χ2n) is 5.41. The summed E-state index contributed by atoms with van der Waals surface area (Å²) in [6.07, 6.45) is 3.34. The standard InChI is InChI=1S/C15H19BrClNO2/c16-14-5-4-13(17)8-12(14)10-18-7-1-2-11(9-18)3-6-15(19)20/h4-5,8,11H,1-3,6-7,9-10H2,(H,19,20). The Morgan fingerprint density at radius 3 is 3.05 bits per heavy atom. The lowest BCUT2D eigenvalue weighted by atomic mass is 9.93. The van der Waals surface area contributed by atoms with Crippen molar-refractivity contribution in [3.8, 4) is 0 Å². The van der Waals surface area contributed by atoms with E-state index in [1.807, 2.05) is 18.2 Å². The highest BCUT2D eigenvalue weighted by molar-refractivity contribution is 9.10. The normalized spacial score (nSPS) is 20.0. The van der Waals surface area contributed by atoms with E-state index in [1.54, 1.807) is 0 Å². The van der Waals surface area contributed by atoms with Gasteiger partial charge < -0.3 is 5.11 Å². The Morgan fingerprint density at radius 2 is 2.30 bits per heavy atom. The van der Waals surface area contributed by atoms with Crippen molar-refractivity contribution in [3.05, 3.63) is 33.3 Å². The maximum Gasteiger partial charge on any atom is 0.303 e. The zero-order valence-electron chi connectivity index (χ0n) is 11.3. The van der Waals surface area contributed by atoms with Gasteiger partial charge in [0.25, 0.3) is 0 Å². The molecule has 1 saturated heterocycles. The topological polar surface area (TPSA) is 40.5 Å². The van der Waals surface area contributed by atoms with Crippen LogP contribution < -0.4 is 0 Å². The Labute approximate surface area is 133 Å². The molecule has 3 nitrogen and oxygen atoms in total. The number of piperidine rings is 1. The molecule has 0 spiro atoms. The fraction of sp³-hybridized carbons (Fsp3) is 0.533. The molecule has 1 unspecified atom stereocenters. The number of halogens is 2. The van der Waals surface area contributed by atoms with E-state index in [1.165, 1.54) is 5.56 Å². The Balaban J connectivity index is 1.92. The third-order valence-electron chi connectivity index (χ3n) is 3.77. The van der Waals surface area contributed by atoms with E-state index >= 15 is 0 Å². The molecule has 1 aliphatic rings. The lowest BCUT2D eigenvalue weighted by molar-refractivity contribution is -0.137. The van der Waals surface area contributed by atoms with Gasteiger partial charge in [-0.1, -0.05) is 27.5 Å². The van der Waals surface area contributed by atoms with Crippen molar-refractivity contribution in [3.63, 3.8) is 0 Å². The van der Waals surface area contributed by atoms with Gasteiger partial charge in [0.1, 0.15) is 0 Å². The van der Waals surface area contributed by atoms with Gasteiger partial charge in [-0.2, -0.15) is 0 Å². The van der Waals surface area contributed by atoms with Crippen LogP contribution in [-0.4, -0.2) is 29.1 Å². The van der Waals surface area contributed by atoms with Crippen LogP contribution in [0, 0.1) is 5.92 Å². The van der Waals surface area contributed by atoms with Crippen LogP contribution >= 0.6 is 27.5 Å². The fourth-order valence-electron chi connectivity index (χ4n) is 2.76. The summed E-state index contributed by atoms with van der Waals surface area (Å²) < 4.78 is 1.08. The number of carboxylic acid groups (broad SMARTS) is 1. The molecule has 1 atom stereocenters. The minimum absolute atomic E-state index is 0.277. The van der Waals surface area contributed by atoms with E-state index in [0.717, 1.165) is 48.4 Å². The predicted octanol–water partition coefficient (Wildman–Crippen LogP) is 4.18. The van der Waals surface area contributed by atoms with Crippen molar-refractivity contribution in [1.82, 2.24) is 4.90 Å². The van der Waals surface area contributed by atoms with Gasteiger partial charge in [-0.3, -0.25) is 9.69 Å². The quantitative estimate of drug-likeness (QED) is 0.856. The fourth-order valence-corrected chi connectivity index (χ4v) is 3.33. The SMILES string of the molecule is O=C(O)CCC1CCCN(Cc2cc(Cl)ccc2Br)C1. The number of carboxylic acids is 1. The summed E-state index contributed by atoms with van der Waals surface area (Å²) in [5.74, 6) is -0.197. The average molecular weight is 361 g/mol. The van der Waals surface area contributed by atoms with Crippen LogP contribution in [0.4, 0.5) is 0 Å². The van der Waals surface area contributed by atoms with Crippen LogP contribution in [-0.2, 0) is 11.3 Å². The van der Waals surface area contributed by atoms with Gasteiger partial charge in [-0.05, 0) is 55.5 Å². The Hall–Kier alpha value is -0.580. The Bertz CT molecular complexity index is 481. The number of hydrogen-bond acceptors (Lipinski definition) is 2. The highest BCUT2D eigenvalue weighted by Crippen LogP contribution is 2.26. The van der Waals surface area contributed by atoms with E-state index in [4.69, 9.17) is 16.7 Å². The molecule has 0 radical (unpaired) electrons. The molecule has 1 aliphatic heterocycles. The molecule has 110 valence electrons. The second-order valence-corrected chi connectivity index (χ2v) is 6.70. The zero-order chi connectivity index (χ0) is 14.5. The van der Waals surface area contributed by atoms with Crippen molar-refractivity contribution < 1.29 is 9.90 Å². The first-order chi connectivity index (χ1) is 9.54. The van der Waals surface area contributed by atoms with Crippen molar-refractivity contribution in [2.75, 3.05) is 13.1 Å². The summed E-state index contributed by atoms with van der Waals surface area (Å²) in [7, 11) is 0. The molecule has 1 heterocycles. The molecule has 20 heavy (non-hydrogen) atoms. The Morgan fingerprint density at radius 1 is 1.50 bits per heavy atom. The van der Waals surface area contributed by atoms with Gasteiger partial charge in [0.2, 0.25) is 0 Å². The number of carbonyl (C=O) groups is 1. The van der Waals surface area contributed by atoms with E-state index in [9.17, 15) is 4.79 Å². The van der Waals surface area contributed by atoms with Gasteiger partial charge >= 0.3 is 5.97 Å². The monoisotopic (exact) mass is 359 g/mol. The number of rotatable bonds is 5. The number of aliphatic carboxylic acids is 1. The molecule has 2 rings (SSSR count). The van der Waals surface area contributed by atoms with Crippen molar-refractivity contribution in [2.45, 2.75) is 32.2 Å². The van der Waals surface area contributed by atoms with Crippen molar-refractivity contribution >= 4 is 33.5 Å². The minimum atomic E-state index is -0.695. The molecule has 0 saturated carbocycles. The lowest BCUT2D eigenvalue weighted by Crippen LogP contribution is -2.35. The largest absolute Gasteiger partial charge is 0.481 e. The summed E-state index contributed by atoms with van der Waals surface area (Å²) in [4.78, 5) is 13.1. The number of hydrogen-bond donors (Lipinski definition) is 1. The first-order valence-electron chi connectivity index (χ1n) is 6.92. The molecular formula is C15H19BrClNO2. The highest BCUT2D eigenvalue weighted by atomic mass is 79.9. The summed E-state index contributed by atoms with van der Waals surface area (Å²) in [5.41, 5.74) is 1.19. The first kappa shape index (κ1) is 15.8. The summed E-state index contributed by atoms with van der Waals surface area (Å²) >= 11 is 9.60. The average Bonchev–Trinajstić information content (AvgIpc) is 2.41. The molecule has 1 fully saturated rings. The molecule has 1 N–H and O–H groups in total. The van der Waals surface area contributed by atoms with Gasteiger partial charge in [0, 0.05) is 29.0 Å². The summed E-state index contributed by atoms with van der Waals surface area (Å²) in [5, 5.41) is 9.53. The molecule has 5 heteroatoms. The molecule has 1 aromatic rings. The molecule has 1 aromatic carbocycles. The second kappa shape index (κ2) is 7.43. The van der Waals surface area contributed by atoms with Crippen LogP contribution in [0.15, 0.2) is 22.7 Å². The third kappa shape index (κ3) is 4.76. The lowest BCUT2D eigenvalue weighted by Gasteiger charge is -2.32.